The van der Waals surface area contributed by atoms with Crippen LogP contribution in [0.3, 0.4) is 0 Å². The summed E-state index contributed by atoms with van der Waals surface area (Å²) in [4.78, 5) is 7.06. The third kappa shape index (κ3) is 1.85. The highest BCUT2D eigenvalue weighted by Crippen LogP contribution is 2.29. The second-order valence-corrected chi connectivity index (χ2v) is 5.01. The van der Waals surface area contributed by atoms with Gasteiger partial charge in [-0.15, -0.1) is 0 Å². The van der Waals surface area contributed by atoms with Crippen molar-refractivity contribution in [3.63, 3.8) is 0 Å². The van der Waals surface area contributed by atoms with E-state index in [4.69, 9.17) is 4.98 Å². The standard InChI is InChI=1S/C15H18N2O/c1-11-5-4-8-17(11)15-13(10-18)9-12-6-2-3-7-14(12)16-15/h2-3,6-7,9,11,18H,4-5,8,10H2,1H3. The summed E-state index contributed by atoms with van der Waals surface area (Å²) in [7, 11) is 0. The molecule has 0 bridgehead atoms. The summed E-state index contributed by atoms with van der Waals surface area (Å²) in [6.45, 7) is 3.32. The quantitative estimate of drug-likeness (QED) is 0.879. The fraction of sp³-hybridized carbons (Fsp3) is 0.400. The van der Waals surface area contributed by atoms with Crippen LogP contribution in [0.5, 0.6) is 0 Å². The molecule has 0 radical (unpaired) electrons. The highest BCUT2D eigenvalue weighted by molar-refractivity contribution is 5.81. The van der Waals surface area contributed by atoms with Gasteiger partial charge in [0, 0.05) is 23.5 Å². The molecule has 3 rings (SSSR count). The number of nitrogens with zero attached hydrogens (tertiary/aromatic N) is 2. The molecule has 1 aliphatic heterocycles. The summed E-state index contributed by atoms with van der Waals surface area (Å²) < 4.78 is 0. The zero-order valence-electron chi connectivity index (χ0n) is 10.6. The molecular weight excluding hydrogens is 224 g/mol. The normalized spacial score (nSPS) is 19.7. The maximum Gasteiger partial charge on any atom is 0.135 e. The first-order valence-electron chi connectivity index (χ1n) is 6.56. The molecule has 2 aromatic rings. The van der Waals surface area contributed by atoms with E-state index >= 15 is 0 Å². The SMILES string of the molecule is CC1CCCN1c1nc2ccccc2cc1CO. The number of fused-ring (bicyclic) bond motifs is 1. The first-order chi connectivity index (χ1) is 8.79. The molecule has 18 heavy (non-hydrogen) atoms. The molecule has 1 aromatic carbocycles. The Morgan fingerprint density at radius 2 is 2.22 bits per heavy atom. The number of aromatic nitrogens is 1. The van der Waals surface area contributed by atoms with E-state index in [0.717, 1.165) is 28.8 Å². The van der Waals surface area contributed by atoms with E-state index in [1.165, 1.54) is 12.8 Å². The fourth-order valence-corrected chi connectivity index (χ4v) is 2.76. The molecule has 1 aromatic heterocycles. The van der Waals surface area contributed by atoms with Crippen LogP contribution in [0.4, 0.5) is 5.82 Å². The highest BCUT2D eigenvalue weighted by Gasteiger charge is 2.23. The van der Waals surface area contributed by atoms with Crippen LogP contribution < -0.4 is 4.90 Å². The molecule has 94 valence electrons. The molecule has 0 spiro atoms. The minimum absolute atomic E-state index is 0.0520. The van der Waals surface area contributed by atoms with E-state index in [1.807, 2.05) is 24.3 Å². The van der Waals surface area contributed by atoms with Crippen LogP contribution >= 0.6 is 0 Å². The van der Waals surface area contributed by atoms with Gasteiger partial charge in [0.1, 0.15) is 5.82 Å². The van der Waals surface area contributed by atoms with Gasteiger partial charge in [0.2, 0.25) is 0 Å². The maximum absolute atomic E-state index is 9.56. The lowest BCUT2D eigenvalue weighted by Crippen LogP contribution is -2.28. The molecule has 1 aliphatic rings. The lowest BCUT2D eigenvalue weighted by Gasteiger charge is -2.25. The number of para-hydroxylation sites is 1. The first kappa shape index (κ1) is 11.5. The Labute approximate surface area is 107 Å². The van der Waals surface area contributed by atoms with Gasteiger partial charge in [0.05, 0.1) is 12.1 Å². The Morgan fingerprint density at radius 3 is 2.94 bits per heavy atom. The van der Waals surface area contributed by atoms with Gasteiger partial charge in [-0.2, -0.15) is 0 Å². The van der Waals surface area contributed by atoms with Crippen molar-refractivity contribution in [3.8, 4) is 0 Å². The number of rotatable bonds is 2. The number of hydrogen-bond donors (Lipinski definition) is 1. The molecule has 1 fully saturated rings. The largest absolute Gasteiger partial charge is 0.392 e. The van der Waals surface area contributed by atoms with Crippen molar-refractivity contribution in [1.82, 2.24) is 4.98 Å². The van der Waals surface area contributed by atoms with E-state index in [1.54, 1.807) is 0 Å². The van der Waals surface area contributed by atoms with Gasteiger partial charge in [0.15, 0.2) is 0 Å². The molecule has 0 aliphatic carbocycles. The summed E-state index contributed by atoms with van der Waals surface area (Å²) in [5, 5.41) is 10.7. The van der Waals surface area contributed by atoms with E-state index in [2.05, 4.69) is 17.9 Å². The minimum Gasteiger partial charge on any atom is -0.392 e. The Kier molecular flexibility index (Phi) is 2.92. The van der Waals surface area contributed by atoms with Crippen LogP contribution in [-0.4, -0.2) is 22.7 Å². The number of aliphatic hydroxyl groups is 1. The van der Waals surface area contributed by atoms with Crippen LogP contribution in [0.1, 0.15) is 25.3 Å². The van der Waals surface area contributed by atoms with Crippen LogP contribution in [0, 0.1) is 0 Å². The topological polar surface area (TPSA) is 36.4 Å². The minimum atomic E-state index is 0.0520. The van der Waals surface area contributed by atoms with Crippen molar-refractivity contribution in [3.05, 3.63) is 35.9 Å². The monoisotopic (exact) mass is 242 g/mol. The number of hydrogen-bond acceptors (Lipinski definition) is 3. The van der Waals surface area contributed by atoms with Gasteiger partial charge in [-0.05, 0) is 31.9 Å². The van der Waals surface area contributed by atoms with Gasteiger partial charge in [-0.1, -0.05) is 18.2 Å². The maximum atomic E-state index is 9.56. The zero-order chi connectivity index (χ0) is 12.5. The predicted octanol–water partition coefficient (Wildman–Crippen LogP) is 2.72. The molecule has 0 amide bonds. The highest BCUT2D eigenvalue weighted by atomic mass is 16.3. The smallest absolute Gasteiger partial charge is 0.135 e. The summed E-state index contributed by atoms with van der Waals surface area (Å²) in [5.74, 6) is 0.959. The fourth-order valence-electron chi connectivity index (χ4n) is 2.76. The number of benzene rings is 1. The Morgan fingerprint density at radius 1 is 1.39 bits per heavy atom. The average molecular weight is 242 g/mol. The Bertz CT molecular complexity index is 567. The van der Waals surface area contributed by atoms with Gasteiger partial charge < -0.3 is 10.0 Å². The molecule has 1 unspecified atom stereocenters. The zero-order valence-corrected chi connectivity index (χ0v) is 10.6. The van der Waals surface area contributed by atoms with Crippen molar-refractivity contribution in [2.24, 2.45) is 0 Å². The lowest BCUT2D eigenvalue weighted by atomic mass is 10.1. The molecule has 2 heterocycles. The molecule has 3 nitrogen and oxygen atoms in total. The van der Waals surface area contributed by atoms with Crippen molar-refractivity contribution in [2.45, 2.75) is 32.4 Å². The molecule has 3 heteroatoms. The number of anilines is 1. The third-order valence-corrected chi connectivity index (χ3v) is 3.78. The predicted molar refractivity (Wildman–Crippen MR) is 73.7 cm³/mol. The van der Waals surface area contributed by atoms with Crippen LogP contribution in [0.2, 0.25) is 0 Å². The van der Waals surface area contributed by atoms with Crippen molar-refractivity contribution in [2.75, 3.05) is 11.4 Å². The van der Waals surface area contributed by atoms with E-state index in [-0.39, 0.29) is 6.61 Å². The molecule has 1 N–H and O–H groups in total. The summed E-state index contributed by atoms with van der Waals surface area (Å²) in [6, 6.07) is 10.7. The van der Waals surface area contributed by atoms with E-state index in [9.17, 15) is 5.11 Å². The van der Waals surface area contributed by atoms with Crippen molar-refractivity contribution >= 4 is 16.7 Å². The van der Waals surface area contributed by atoms with Crippen molar-refractivity contribution in [1.29, 1.82) is 0 Å². The molecule has 0 saturated carbocycles. The second-order valence-electron chi connectivity index (χ2n) is 5.01. The molecule has 1 atom stereocenters. The summed E-state index contributed by atoms with van der Waals surface area (Å²) >= 11 is 0. The average Bonchev–Trinajstić information content (AvgIpc) is 2.83. The van der Waals surface area contributed by atoms with Crippen LogP contribution in [-0.2, 0) is 6.61 Å². The number of aliphatic hydroxyl groups excluding tert-OH is 1. The van der Waals surface area contributed by atoms with Gasteiger partial charge in [-0.3, -0.25) is 0 Å². The molecular formula is C15H18N2O. The third-order valence-electron chi connectivity index (χ3n) is 3.78. The number of pyridine rings is 1. The van der Waals surface area contributed by atoms with Crippen LogP contribution in [0.25, 0.3) is 10.9 Å². The second kappa shape index (κ2) is 4.58. The Balaban J connectivity index is 2.14. The Hall–Kier alpha value is -1.61. The van der Waals surface area contributed by atoms with Crippen LogP contribution in [0.15, 0.2) is 30.3 Å². The van der Waals surface area contributed by atoms with Crippen molar-refractivity contribution < 1.29 is 5.11 Å². The summed E-state index contributed by atoms with van der Waals surface area (Å²) in [6.07, 6.45) is 2.42. The van der Waals surface area contributed by atoms with Gasteiger partial charge in [-0.25, -0.2) is 4.98 Å². The van der Waals surface area contributed by atoms with E-state index in [0.29, 0.717) is 6.04 Å². The first-order valence-corrected chi connectivity index (χ1v) is 6.56. The van der Waals surface area contributed by atoms with Gasteiger partial charge >= 0.3 is 0 Å². The van der Waals surface area contributed by atoms with Gasteiger partial charge in [0.25, 0.3) is 0 Å². The lowest BCUT2D eigenvalue weighted by molar-refractivity contribution is 0.281. The molecule has 1 saturated heterocycles. The summed E-state index contributed by atoms with van der Waals surface area (Å²) in [5.41, 5.74) is 1.94. The van der Waals surface area contributed by atoms with E-state index < -0.39 is 0 Å².